The summed E-state index contributed by atoms with van der Waals surface area (Å²) in [4.78, 5) is 11.4. The van der Waals surface area contributed by atoms with Crippen molar-refractivity contribution in [2.24, 2.45) is 5.92 Å². The van der Waals surface area contributed by atoms with Gasteiger partial charge in [-0.05, 0) is 27.9 Å². The molecule has 1 rings (SSSR count). The fourth-order valence-electron chi connectivity index (χ4n) is 1.26. The van der Waals surface area contributed by atoms with E-state index >= 15 is 0 Å². The number of benzene rings is 1. The first-order chi connectivity index (χ1) is 8.40. The van der Waals surface area contributed by atoms with Crippen molar-refractivity contribution in [1.29, 1.82) is 0 Å². The molecule has 2 N–H and O–H groups in total. The van der Waals surface area contributed by atoms with Crippen LogP contribution in [-0.2, 0) is 4.79 Å². The summed E-state index contributed by atoms with van der Waals surface area (Å²) in [5.41, 5.74) is 0.0797. The van der Waals surface area contributed by atoms with Crippen LogP contribution in [0.1, 0.15) is 13.8 Å². The average Bonchev–Trinajstić information content (AvgIpc) is 2.24. The zero-order chi connectivity index (χ0) is 13.7. The lowest BCUT2D eigenvalue weighted by Crippen LogP contribution is -2.32. The largest absolute Gasteiger partial charge is 0.373 e. The van der Waals surface area contributed by atoms with Gasteiger partial charge in [0.05, 0.1) is 12.2 Å². The highest BCUT2D eigenvalue weighted by Gasteiger charge is 2.10. The number of carbonyl (C=O) groups is 1. The molecule has 0 atom stereocenters. The van der Waals surface area contributed by atoms with Gasteiger partial charge < -0.3 is 10.6 Å². The molecular formula is C12H15BrF2N2O. The number of anilines is 1. The third-order valence-electron chi connectivity index (χ3n) is 2.14. The lowest BCUT2D eigenvalue weighted by atomic mass is 10.2. The Morgan fingerprint density at radius 1 is 1.39 bits per heavy atom. The van der Waals surface area contributed by atoms with Gasteiger partial charge in [-0.1, -0.05) is 13.8 Å². The molecule has 0 fully saturated rings. The molecule has 0 bridgehead atoms. The topological polar surface area (TPSA) is 41.1 Å². The van der Waals surface area contributed by atoms with Crippen LogP contribution in [-0.4, -0.2) is 19.0 Å². The maximum absolute atomic E-state index is 13.4. The van der Waals surface area contributed by atoms with Crippen LogP contribution in [0, 0.1) is 17.6 Å². The van der Waals surface area contributed by atoms with Gasteiger partial charge in [-0.25, -0.2) is 8.78 Å². The molecule has 1 aromatic rings. The SMILES string of the molecule is CC(C)CNC(=O)CNc1c(F)cc(F)cc1Br. The molecule has 0 aliphatic carbocycles. The molecule has 0 aliphatic heterocycles. The number of halogens is 3. The van der Waals surface area contributed by atoms with Gasteiger partial charge in [-0.15, -0.1) is 0 Å². The van der Waals surface area contributed by atoms with Crippen LogP contribution in [0.25, 0.3) is 0 Å². The van der Waals surface area contributed by atoms with Crippen LogP contribution in [0.4, 0.5) is 14.5 Å². The van der Waals surface area contributed by atoms with E-state index in [0.29, 0.717) is 12.5 Å². The first kappa shape index (κ1) is 14.9. The Balaban J connectivity index is 2.56. The first-order valence-electron chi connectivity index (χ1n) is 5.55. The van der Waals surface area contributed by atoms with E-state index in [1.807, 2.05) is 13.8 Å². The summed E-state index contributed by atoms with van der Waals surface area (Å²) in [6, 6.07) is 1.90. The van der Waals surface area contributed by atoms with Gasteiger partial charge in [0.25, 0.3) is 0 Å². The highest BCUT2D eigenvalue weighted by molar-refractivity contribution is 9.10. The Hall–Kier alpha value is -1.17. The summed E-state index contributed by atoms with van der Waals surface area (Å²) in [5.74, 6) is -1.30. The van der Waals surface area contributed by atoms with E-state index in [2.05, 4.69) is 26.6 Å². The molecule has 0 aromatic heterocycles. The van der Waals surface area contributed by atoms with Crippen LogP contribution in [0.5, 0.6) is 0 Å². The molecule has 0 aliphatic rings. The van der Waals surface area contributed by atoms with Crippen LogP contribution >= 0.6 is 15.9 Å². The van der Waals surface area contributed by atoms with E-state index in [1.165, 1.54) is 0 Å². The Morgan fingerprint density at radius 3 is 2.61 bits per heavy atom. The normalized spacial score (nSPS) is 10.6. The molecule has 0 heterocycles. The highest BCUT2D eigenvalue weighted by atomic mass is 79.9. The molecule has 0 saturated carbocycles. The van der Waals surface area contributed by atoms with E-state index in [0.717, 1.165) is 12.1 Å². The van der Waals surface area contributed by atoms with Crippen LogP contribution in [0.2, 0.25) is 0 Å². The summed E-state index contributed by atoms with van der Waals surface area (Å²) in [6.45, 7) is 4.45. The zero-order valence-electron chi connectivity index (χ0n) is 10.2. The van der Waals surface area contributed by atoms with Gasteiger partial charge in [-0.2, -0.15) is 0 Å². The highest BCUT2D eigenvalue weighted by Crippen LogP contribution is 2.26. The molecule has 3 nitrogen and oxygen atoms in total. The monoisotopic (exact) mass is 320 g/mol. The predicted octanol–water partition coefficient (Wildman–Crippen LogP) is 2.91. The average molecular weight is 321 g/mol. The van der Waals surface area contributed by atoms with Gasteiger partial charge in [0.1, 0.15) is 11.6 Å². The third kappa shape index (κ3) is 4.60. The first-order valence-corrected chi connectivity index (χ1v) is 6.34. The minimum Gasteiger partial charge on any atom is -0.373 e. The summed E-state index contributed by atoms with van der Waals surface area (Å²) in [7, 11) is 0. The van der Waals surface area contributed by atoms with E-state index in [4.69, 9.17) is 0 Å². The maximum Gasteiger partial charge on any atom is 0.239 e. The summed E-state index contributed by atoms with van der Waals surface area (Å²) >= 11 is 3.04. The van der Waals surface area contributed by atoms with E-state index in [-0.39, 0.29) is 22.6 Å². The standard InChI is InChI=1S/C12H15BrF2N2O/c1-7(2)5-16-11(18)6-17-12-9(13)3-8(14)4-10(12)15/h3-4,7,17H,5-6H2,1-2H3,(H,16,18). The van der Waals surface area contributed by atoms with E-state index in [9.17, 15) is 13.6 Å². The van der Waals surface area contributed by atoms with Crippen LogP contribution in [0.3, 0.4) is 0 Å². The lowest BCUT2D eigenvalue weighted by Gasteiger charge is -2.11. The Bertz CT molecular complexity index is 415. The zero-order valence-corrected chi connectivity index (χ0v) is 11.8. The third-order valence-corrected chi connectivity index (χ3v) is 2.77. The van der Waals surface area contributed by atoms with E-state index < -0.39 is 11.6 Å². The second-order valence-electron chi connectivity index (χ2n) is 4.30. The van der Waals surface area contributed by atoms with Crippen LogP contribution < -0.4 is 10.6 Å². The predicted molar refractivity (Wildman–Crippen MR) is 70.4 cm³/mol. The van der Waals surface area contributed by atoms with Crippen molar-refractivity contribution < 1.29 is 13.6 Å². The molecule has 0 saturated heterocycles. The van der Waals surface area contributed by atoms with Crippen molar-refractivity contribution in [2.45, 2.75) is 13.8 Å². The number of rotatable bonds is 5. The summed E-state index contributed by atoms with van der Waals surface area (Å²) in [6.07, 6.45) is 0. The molecule has 0 spiro atoms. The van der Waals surface area contributed by atoms with Gasteiger partial charge in [0.2, 0.25) is 5.91 Å². The van der Waals surface area contributed by atoms with Crippen molar-refractivity contribution in [3.63, 3.8) is 0 Å². The molecule has 0 unspecified atom stereocenters. The summed E-state index contributed by atoms with van der Waals surface area (Å²) < 4.78 is 26.5. The second kappa shape index (κ2) is 6.68. The Morgan fingerprint density at radius 2 is 2.06 bits per heavy atom. The summed E-state index contributed by atoms with van der Waals surface area (Å²) in [5, 5.41) is 5.32. The lowest BCUT2D eigenvalue weighted by molar-refractivity contribution is -0.119. The van der Waals surface area contributed by atoms with Crippen LogP contribution in [0.15, 0.2) is 16.6 Å². The van der Waals surface area contributed by atoms with E-state index in [1.54, 1.807) is 0 Å². The van der Waals surface area contributed by atoms with Crippen molar-refractivity contribution in [3.05, 3.63) is 28.2 Å². The molecule has 1 amide bonds. The van der Waals surface area contributed by atoms with Gasteiger partial charge in [0.15, 0.2) is 0 Å². The van der Waals surface area contributed by atoms with Crippen molar-refractivity contribution >= 4 is 27.5 Å². The number of amides is 1. The number of hydrogen-bond donors (Lipinski definition) is 2. The molecule has 0 radical (unpaired) electrons. The van der Waals surface area contributed by atoms with Gasteiger partial charge in [0, 0.05) is 17.1 Å². The van der Waals surface area contributed by atoms with Crippen molar-refractivity contribution in [2.75, 3.05) is 18.4 Å². The molecular weight excluding hydrogens is 306 g/mol. The number of carbonyl (C=O) groups excluding carboxylic acids is 1. The molecule has 1 aromatic carbocycles. The molecule has 6 heteroatoms. The fourth-order valence-corrected chi connectivity index (χ4v) is 1.81. The van der Waals surface area contributed by atoms with Gasteiger partial charge >= 0.3 is 0 Å². The molecule has 100 valence electrons. The second-order valence-corrected chi connectivity index (χ2v) is 5.15. The van der Waals surface area contributed by atoms with Crippen molar-refractivity contribution in [1.82, 2.24) is 5.32 Å². The quantitative estimate of drug-likeness (QED) is 0.875. The Kier molecular flexibility index (Phi) is 5.53. The smallest absolute Gasteiger partial charge is 0.239 e. The number of hydrogen-bond acceptors (Lipinski definition) is 2. The molecule has 18 heavy (non-hydrogen) atoms. The van der Waals surface area contributed by atoms with Crippen molar-refractivity contribution in [3.8, 4) is 0 Å². The minimum absolute atomic E-state index is 0.0616. The van der Waals surface area contributed by atoms with Gasteiger partial charge in [-0.3, -0.25) is 4.79 Å². The minimum atomic E-state index is -0.737. The maximum atomic E-state index is 13.4. The fraction of sp³-hybridized carbons (Fsp3) is 0.417. The number of nitrogens with one attached hydrogen (secondary N) is 2. The Labute approximate surface area is 113 Å².